The van der Waals surface area contributed by atoms with Crippen molar-refractivity contribution < 1.29 is 13.2 Å². The summed E-state index contributed by atoms with van der Waals surface area (Å²) in [6.45, 7) is 4.16. The van der Waals surface area contributed by atoms with E-state index >= 15 is 0 Å². The zero-order chi connectivity index (χ0) is 14.0. The Morgan fingerprint density at radius 1 is 1.21 bits per heavy atom. The van der Waals surface area contributed by atoms with Crippen molar-refractivity contribution in [3.8, 4) is 0 Å². The monoisotopic (exact) mass is 268 g/mol. The minimum Gasteiger partial charge on any atom is -0.333 e. The van der Waals surface area contributed by atoms with E-state index in [-0.39, 0.29) is 5.92 Å². The van der Waals surface area contributed by atoms with Crippen LogP contribution in [0.2, 0.25) is 0 Å². The van der Waals surface area contributed by atoms with Gasteiger partial charge in [-0.05, 0) is 29.2 Å². The van der Waals surface area contributed by atoms with Gasteiger partial charge in [0, 0.05) is 18.9 Å². The molecule has 1 aromatic carbocycles. The lowest BCUT2D eigenvalue weighted by molar-refractivity contribution is -0.137. The van der Waals surface area contributed by atoms with Crippen LogP contribution >= 0.6 is 0 Å². The predicted octanol–water partition coefficient (Wildman–Crippen LogP) is 4.07. The molecule has 1 aromatic heterocycles. The minimum atomic E-state index is -4.31. The molecule has 0 aliphatic carbocycles. The standard InChI is InChI=1S/C14H15F3N2/c1-10(2)12-5-11(8-19-4-3-18-9-19)6-13(7-12)14(15,16)17/h3-7,9-10H,8H2,1-2H3. The number of alkyl halides is 3. The first-order valence-electron chi connectivity index (χ1n) is 6.03. The normalized spacial score (nSPS) is 12.1. The lowest BCUT2D eigenvalue weighted by Crippen LogP contribution is -2.08. The molecule has 0 saturated heterocycles. The Balaban J connectivity index is 2.40. The Kier molecular flexibility index (Phi) is 3.64. The van der Waals surface area contributed by atoms with Crippen LogP contribution in [0.25, 0.3) is 0 Å². The van der Waals surface area contributed by atoms with Crippen molar-refractivity contribution in [3.05, 3.63) is 53.6 Å². The van der Waals surface area contributed by atoms with E-state index in [1.54, 1.807) is 23.3 Å². The molecule has 0 aliphatic heterocycles. The molecule has 2 nitrogen and oxygen atoms in total. The van der Waals surface area contributed by atoms with Gasteiger partial charge in [0.15, 0.2) is 0 Å². The third-order valence-electron chi connectivity index (χ3n) is 2.93. The summed E-state index contributed by atoms with van der Waals surface area (Å²) in [4.78, 5) is 3.89. The number of hydrogen-bond donors (Lipinski definition) is 0. The second-order valence-electron chi connectivity index (χ2n) is 4.85. The number of nitrogens with zero attached hydrogens (tertiary/aromatic N) is 2. The average Bonchev–Trinajstić information content (AvgIpc) is 2.80. The van der Waals surface area contributed by atoms with Crippen LogP contribution in [0.15, 0.2) is 36.9 Å². The van der Waals surface area contributed by atoms with Crippen molar-refractivity contribution in [2.75, 3.05) is 0 Å². The lowest BCUT2D eigenvalue weighted by Gasteiger charge is -2.14. The fraction of sp³-hybridized carbons (Fsp3) is 0.357. The van der Waals surface area contributed by atoms with Crippen molar-refractivity contribution in [3.63, 3.8) is 0 Å². The third kappa shape index (κ3) is 3.36. The SMILES string of the molecule is CC(C)c1cc(Cn2ccnc2)cc(C(F)(F)F)c1. The molecule has 0 N–H and O–H groups in total. The van der Waals surface area contributed by atoms with Gasteiger partial charge in [0.25, 0.3) is 0 Å². The topological polar surface area (TPSA) is 17.8 Å². The van der Waals surface area contributed by atoms with Crippen LogP contribution in [0.5, 0.6) is 0 Å². The van der Waals surface area contributed by atoms with Crippen LogP contribution in [-0.4, -0.2) is 9.55 Å². The first-order chi connectivity index (χ1) is 8.86. The van der Waals surface area contributed by atoms with E-state index in [2.05, 4.69) is 4.98 Å². The maximum atomic E-state index is 12.9. The molecule has 102 valence electrons. The van der Waals surface area contributed by atoms with Gasteiger partial charge in [-0.1, -0.05) is 19.9 Å². The molecular weight excluding hydrogens is 253 g/mol. The molecule has 0 fully saturated rings. The smallest absolute Gasteiger partial charge is 0.333 e. The molecule has 2 rings (SSSR count). The maximum absolute atomic E-state index is 12.9. The highest BCUT2D eigenvalue weighted by atomic mass is 19.4. The zero-order valence-electron chi connectivity index (χ0n) is 10.8. The van der Waals surface area contributed by atoms with Gasteiger partial charge in [-0.2, -0.15) is 13.2 Å². The number of aromatic nitrogens is 2. The van der Waals surface area contributed by atoms with Crippen LogP contribution in [0.1, 0.15) is 36.5 Å². The Labute approximate surface area is 109 Å². The van der Waals surface area contributed by atoms with Crippen LogP contribution < -0.4 is 0 Å². The van der Waals surface area contributed by atoms with Gasteiger partial charge in [0.2, 0.25) is 0 Å². The van der Waals surface area contributed by atoms with E-state index in [0.29, 0.717) is 17.7 Å². The summed E-state index contributed by atoms with van der Waals surface area (Å²) >= 11 is 0. The van der Waals surface area contributed by atoms with Gasteiger partial charge in [-0.3, -0.25) is 0 Å². The first kappa shape index (κ1) is 13.6. The van der Waals surface area contributed by atoms with E-state index in [1.165, 1.54) is 12.1 Å². The van der Waals surface area contributed by atoms with Gasteiger partial charge < -0.3 is 4.57 Å². The fourth-order valence-electron chi connectivity index (χ4n) is 1.90. The summed E-state index contributed by atoms with van der Waals surface area (Å²) in [6.07, 6.45) is 0.621. The highest BCUT2D eigenvalue weighted by Gasteiger charge is 2.31. The number of benzene rings is 1. The summed E-state index contributed by atoms with van der Waals surface area (Å²) in [5, 5.41) is 0. The molecule has 0 atom stereocenters. The largest absolute Gasteiger partial charge is 0.416 e. The number of imidazole rings is 1. The summed E-state index contributed by atoms with van der Waals surface area (Å²) < 4.78 is 40.4. The minimum absolute atomic E-state index is 0.0591. The molecule has 0 unspecified atom stereocenters. The van der Waals surface area contributed by atoms with E-state index < -0.39 is 11.7 Å². The summed E-state index contributed by atoms with van der Waals surface area (Å²) in [6, 6.07) is 4.24. The number of halogens is 3. The van der Waals surface area contributed by atoms with Crippen LogP contribution in [0.4, 0.5) is 13.2 Å². The molecule has 0 radical (unpaired) electrons. The Morgan fingerprint density at radius 3 is 2.47 bits per heavy atom. The van der Waals surface area contributed by atoms with E-state index in [1.807, 2.05) is 19.9 Å². The molecular formula is C14H15F3N2. The van der Waals surface area contributed by atoms with Crippen molar-refractivity contribution >= 4 is 0 Å². The average molecular weight is 268 g/mol. The highest BCUT2D eigenvalue weighted by Crippen LogP contribution is 2.32. The summed E-state index contributed by atoms with van der Waals surface area (Å²) in [7, 11) is 0. The number of hydrogen-bond acceptors (Lipinski definition) is 1. The predicted molar refractivity (Wildman–Crippen MR) is 66.9 cm³/mol. The van der Waals surface area contributed by atoms with Crippen LogP contribution in [0, 0.1) is 0 Å². The molecule has 5 heteroatoms. The van der Waals surface area contributed by atoms with Crippen LogP contribution in [0.3, 0.4) is 0 Å². The highest BCUT2D eigenvalue weighted by molar-refractivity contribution is 5.33. The molecule has 2 aromatic rings. The molecule has 19 heavy (non-hydrogen) atoms. The van der Waals surface area contributed by atoms with Crippen molar-refractivity contribution in [1.29, 1.82) is 0 Å². The van der Waals surface area contributed by atoms with Gasteiger partial charge in [-0.15, -0.1) is 0 Å². The Morgan fingerprint density at radius 2 is 1.95 bits per heavy atom. The summed E-state index contributed by atoms with van der Waals surface area (Å²) in [5.74, 6) is 0.0591. The quantitative estimate of drug-likeness (QED) is 0.820. The second kappa shape index (κ2) is 5.07. The molecule has 0 aliphatic rings. The maximum Gasteiger partial charge on any atom is 0.416 e. The van der Waals surface area contributed by atoms with Gasteiger partial charge in [0.05, 0.1) is 11.9 Å². The van der Waals surface area contributed by atoms with E-state index in [4.69, 9.17) is 0 Å². The molecule has 0 bridgehead atoms. The van der Waals surface area contributed by atoms with Crippen molar-refractivity contribution in [2.45, 2.75) is 32.5 Å². The molecule has 1 heterocycles. The van der Waals surface area contributed by atoms with Crippen LogP contribution in [-0.2, 0) is 12.7 Å². The fourth-order valence-corrected chi connectivity index (χ4v) is 1.90. The number of rotatable bonds is 3. The Hall–Kier alpha value is -1.78. The van der Waals surface area contributed by atoms with E-state index in [9.17, 15) is 13.2 Å². The summed E-state index contributed by atoms with van der Waals surface area (Å²) in [5.41, 5.74) is 0.746. The Bertz CT molecular complexity index is 542. The molecule has 0 spiro atoms. The van der Waals surface area contributed by atoms with Crippen molar-refractivity contribution in [1.82, 2.24) is 9.55 Å². The lowest BCUT2D eigenvalue weighted by atomic mass is 9.97. The van der Waals surface area contributed by atoms with Crippen molar-refractivity contribution in [2.24, 2.45) is 0 Å². The molecule has 0 saturated carbocycles. The van der Waals surface area contributed by atoms with Gasteiger partial charge in [0.1, 0.15) is 0 Å². The molecule has 0 amide bonds. The third-order valence-corrected chi connectivity index (χ3v) is 2.93. The first-order valence-corrected chi connectivity index (χ1v) is 6.03. The van der Waals surface area contributed by atoms with E-state index in [0.717, 1.165) is 0 Å². The second-order valence-corrected chi connectivity index (χ2v) is 4.85. The van der Waals surface area contributed by atoms with Gasteiger partial charge >= 0.3 is 6.18 Å². The zero-order valence-corrected chi connectivity index (χ0v) is 10.8. The van der Waals surface area contributed by atoms with Gasteiger partial charge in [-0.25, -0.2) is 4.98 Å².